The number of carbonyl (C=O) groups excluding carboxylic acids is 1. The summed E-state index contributed by atoms with van der Waals surface area (Å²) in [6.07, 6.45) is 8.61. The van der Waals surface area contributed by atoms with E-state index in [1.165, 1.54) is 49.4 Å². The Morgan fingerprint density at radius 2 is 1.79 bits per heavy atom. The van der Waals surface area contributed by atoms with Gasteiger partial charge >= 0.3 is 0 Å². The lowest BCUT2D eigenvalue weighted by Gasteiger charge is -2.33. The summed E-state index contributed by atoms with van der Waals surface area (Å²) < 4.78 is 0. The number of carbonyl (C=O) groups is 1. The largest absolute Gasteiger partial charge is 0.382 e. The quantitative estimate of drug-likeness (QED) is 0.500. The monoisotopic (exact) mass is 457 g/mol. The molecule has 1 aliphatic carbocycles. The summed E-state index contributed by atoms with van der Waals surface area (Å²) in [6.45, 7) is 3.28. The smallest absolute Gasteiger partial charge is 0.231 e. The summed E-state index contributed by atoms with van der Waals surface area (Å²) in [5.74, 6) is 1.07. The maximum atomic E-state index is 11.3. The Kier molecular flexibility index (Phi) is 6.56. The molecule has 2 heterocycles. The maximum Gasteiger partial charge on any atom is 0.231 e. The predicted octanol–water partition coefficient (Wildman–Crippen LogP) is 4.53. The molecule has 3 N–H and O–H groups in total. The van der Waals surface area contributed by atoms with Crippen LogP contribution in [0, 0.1) is 0 Å². The number of fused-ring (bicyclic) bond motifs is 1. The summed E-state index contributed by atoms with van der Waals surface area (Å²) >= 11 is 0. The van der Waals surface area contributed by atoms with E-state index < -0.39 is 0 Å². The van der Waals surface area contributed by atoms with Crippen molar-refractivity contribution >= 4 is 34.9 Å². The van der Waals surface area contributed by atoms with Gasteiger partial charge in [0.25, 0.3) is 0 Å². The first-order valence-electron chi connectivity index (χ1n) is 12.1. The summed E-state index contributed by atoms with van der Waals surface area (Å²) in [5.41, 5.74) is 5.88. The lowest BCUT2D eigenvalue weighted by atomic mass is 9.90. The lowest BCUT2D eigenvalue weighted by molar-refractivity contribution is -0.114. The number of nitrogens with zero attached hydrogens (tertiary/aromatic N) is 4. The van der Waals surface area contributed by atoms with Crippen LogP contribution >= 0.6 is 0 Å². The van der Waals surface area contributed by atoms with Crippen LogP contribution in [-0.2, 0) is 17.6 Å². The molecule has 8 nitrogen and oxygen atoms in total. The van der Waals surface area contributed by atoms with Gasteiger partial charge in [0.2, 0.25) is 17.8 Å². The third kappa shape index (κ3) is 5.27. The van der Waals surface area contributed by atoms with E-state index in [-0.39, 0.29) is 5.91 Å². The topological polar surface area (TPSA) is 95.1 Å². The molecule has 1 saturated heterocycles. The number of benzene rings is 2. The Hall–Kier alpha value is -3.68. The van der Waals surface area contributed by atoms with Crippen LogP contribution in [0.25, 0.3) is 0 Å². The molecule has 1 aliphatic heterocycles. The number of aryl methyl sites for hydroxylation is 1. The first kappa shape index (κ1) is 22.1. The normalized spacial score (nSPS) is 16.0. The van der Waals surface area contributed by atoms with Gasteiger partial charge in [-0.2, -0.15) is 4.98 Å². The minimum atomic E-state index is -0.107. The molecule has 1 amide bonds. The van der Waals surface area contributed by atoms with E-state index in [2.05, 4.69) is 54.0 Å². The van der Waals surface area contributed by atoms with Gasteiger partial charge < -0.3 is 20.9 Å². The van der Waals surface area contributed by atoms with Crippen molar-refractivity contribution in [2.45, 2.75) is 51.5 Å². The summed E-state index contributed by atoms with van der Waals surface area (Å²) in [5, 5.41) is 9.82. The zero-order valence-electron chi connectivity index (χ0n) is 19.6. The molecular formula is C26H31N7O. The Bertz CT molecular complexity index is 1160. The van der Waals surface area contributed by atoms with E-state index in [1.807, 2.05) is 24.3 Å². The molecule has 2 aliphatic rings. The average Bonchev–Trinajstić information content (AvgIpc) is 2.85. The van der Waals surface area contributed by atoms with Crippen molar-refractivity contribution in [3.05, 3.63) is 59.9 Å². The highest BCUT2D eigenvalue weighted by Crippen LogP contribution is 2.30. The molecule has 0 spiro atoms. The second kappa shape index (κ2) is 10.1. The highest BCUT2D eigenvalue weighted by atomic mass is 16.1. The third-order valence-corrected chi connectivity index (χ3v) is 6.53. The number of piperidine rings is 1. The van der Waals surface area contributed by atoms with Crippen molar-refractivity contribution in [1.82, 2.24) is 15.0 Å². The van der Waals surface area contributed by atoms with E-state index in [0.29, 0.717) is 17.9 Å². The molecule has 176 valence electrons. The van der Waals surface area contributed by atoms with Crippen LogP contribution in [0.2, 0.25) is 0 Å². The molecule has 0 atom stereocenters. The Morgan fingerprint density at radius 1 is 1.00 bits per heavy atom. The summed E-state index contributed by atoms with van der Waals surface area (Å²) in [4.78, 5) is 26.9. The van der Waals surface area contributed by atoms with Gasteiger partial charge in [-0.3, -0.25) is 4.79 Å². The van der Waals surface area contributed by atoms with Gasteiger partial charge in [-0.05, 0) is 73.9 Å². The number of rotatable bonds is 6. The number of aromatic nitrogens is 3. The van der Waals surface area contributed by atoms with Crippen LogP contribution in [0.3, 0.4) is 0 Å². The molecule has 3 aromatic rings. The van der Waals surface area contributed by atoms with E-state index in [1.54, 1.807) is 6.33 Å². The van der Waals surface area contributed by atoms with E-state index in [9.17, 15) is 4.79 Å². The summed E-state index contributed by atoms with van der Waals surface area (Å²) in [7, 11) is 0. The fourth-order valence-electron chi connectivity index (χ4n) is 4.87. The van der Waals surface area contributed by atoms with Crippen molar-refractivity contribution in [2.75, 3.05) is 33.9 Å². The van der Waals surface area contributed by atoms with E-state index in [0.717, 1.165) is 37.3 Å². The molecule has 0 bridgehead atoms. The second-order valence-electron chi connectivity index (χ2n) is 9.05. The van der Waals surface area contributed by atoms with E-state index >= 15 is 0 Å². The van der Waals surface area contributed by atoms with Gasteiger partial charge in [0, 0.05) is 43.1 Å². The molecular weight excluding hydrogens is 426 g/mol. The van der Waals surface area contributed by atoms with Crippen LogP contribution < -0.4 is 20.9 Å². The number of hydrogen-bond donors (Lipinski definition) is 3. The minimum absolute atomic E-state index is 0.107. The number of nitrogens with one attached hydrogen (secondary N) is 3. The summed E-state index contributed by atoms with van der Waals surface area (Å²) in [6, 6.07) is 14.6. The van der Waals surface area contributed by atoms with Gasteiger partial charge in [0.15, 0.2) is 0 Å². The molecule has 0 radical (unpaired) electrons. The Balaban J connectivity index is 1.20. The molecule has 8 heteroatoms. The molecule has 34 heavy (non-hydrogen) atoms. The molecule has 2 aromatic carbocycles. The lowest BCUT2D eigenvalue weighted by Crippen LogP contribution is -2.40. The first-order chi connectivity index (χ1) is 16.6. The minimum Gasteiger partial charge on any atom is -0.382 e. The zero-order valence-corrected chi connectivity index (χ0v) is 19.6. The molecule has 1 aromatic heterocycles. The van der Waals surface area contributed by atoms with Crippen LogP contribution in [-0.4, -0.2) is 40.0 Å². The molecule has 1 fully saturated rings. The van der Waals surface area contributed by atoms with Gasteiger partial charge in [-0.15, -0.1) is 0 Å². The molecule has 5 rings (SSSR count). The van der Waals surface area contributed by atoms with Crippen molar-refractivity contribution in [3.8, 4) is 0 Å². The zero-order chi connectivity index (χ0) is 23.3. The second-order valence-corrected chi connectivity index (χ2v) is 9.05. The standard InChI is InChI=1S/C26H31N7O/c1-18(34)29-21-8-5-9-22(16-21)31-25-27-17-28-26(32-25)33-14-12-20(13-15-33)30-24-11-4-7-19-6-2-3-10-23(19)24/h4-5,7-9,11,16-17,20,30H,2-3,6,10,12-15H2,1H3,(H,29,34)(H,27,28,31,32). The maximum absolute atomic E-state index is 11.3. The van der Waals surface area contributed by atoms with Gasteiger partial charge in [-0.1, -0.05) is 18.2 Å². The fourth-order valence-corrected chi connectivity index (χ4v) is 4.87. The highest BCUT2D eigenvalue weighted by Gasteiger charge is 2.23. The number of anilines is 5. The van der Waals surface area contributed by atoms with Crippen molar-refractivity contribution in [1.29, 1.82) is 0 Å². The Morgan fingerprint density at radius 3 is 2.65 bits per heavy atom. The van der Waals surface area contributed by atoms with E-state index in [4.69, 9.17) is 0 Å². The highest BCUT2D eigenvalue weighted by molar-refractivity contribution is 5.89. The predicted molar refractivity (Wildman–Crippen MR) is 136 cm³/mol. The number of amides is 1. The van der Waals surface area contributed by atoms with Crippen LogP contribution in [0.1, 0.15) is 43.7 Å². The van der Waals surface area contributed by atoms with Gasteiger partial charge in [0.05, 0.1) is 0 Å². The average molecular weight is 458 g/mol. The van der Waals surface area contributed by atoms with Crippen molar-refractivity contribution in [2.24, 2.45) is 0 Å². The van der Waals surface area contributed by atoms with Crippen molar-refractivity contribution < 1.29 is 4.79 Å². The van der Waals surface area contributed by atoms with Crippen LogP contribution in [0.15, 0.2) is 48.8 Å². The third-order valence-electron chi connectivity index (χ3n) is 6.53. The molecule has 0 unspecified atom stereocenters. The Labute approximate surface area is 200 Å². The van der Waals surface area contributed by atoms with Crippen molar-refractivity contribution in [3.63, 3.8) is 0 Å². The van der Waals surface area contributed by atoms with Crippen LogP contribution in [0.4, 0.5) is 29.0 Å². The fraction of sp³-hybridized carbons (Fsp3) is 0.385. The molecule has 0 saturated carbocycles. The van der Waals surface area contributed by atoms with Gasteiger partial charge in [0.1, 0.15) is 6.33 Å². The number of hydrogen-bond acceptors (Lipinski definition) is 7. The van der Waals surface area contributed by atoms with Crippen LogP contribution in [0.5, 0.6) is 0 Å². The van der Waals surface area contributed by atoms with Gasteiger partial charge in [-0.25, -0.2) is 9.97 Å². The SMILES string of the molecule is CC(=O)Nc1cccc(Nc2ncnc(N3CCC(Nc4cccc5c4CCCC5)CC3)n2)c1. The first-order valence-corrected chi connectivity index (χ1v) is 12.1.